The average Bonchev–Trinajstić information content (AvgIpc) is 2.20. The molecular weight excluding hydrogens is 204 g/mol. The van der Waals surface area contributed by atoms with E-state index in [1.165, 1.54) is 12.8 Å². The van der Waals surface area contributed by atoms with Gasteiger partial charge in [0.15, 0.2) is 0 Å². The lowest BCUT2D eigenvalue weighted by Crippen LogP contribution is -2.39. The third-order valence-corrected chi connectivity index (χ3v) is 3.37. The van der Waals surface area contributed by atoms with Gasteiger partial charge in [-0.05, 0) is 25.7 Å². The van der Waals surface area contributed by atoms with Crippen LogP contribution in [0.2, 0.25) is 0 Å². The van der Waals surface area contributed by atoms with Crippen molar-refractivity contribution in [1.29, 1.82) is 0 Å². The van der Waals surface area contributed by atoms with Crippen LogP contribution in [0.5, 0.6) is 0 Å². The van der Waals surface area contributed by atoms with Crippen LogP contribution in [0.1, 0.15) is 39.0 Å². The van der Waals surface area contributed by atoms with Crippen molar-refractivity contribution >= 4 is 5.91 Å². The van der Waals surface area contributed by atoms with E-state index in [1.807, 2.05) is 0 Å². The Hall–Kier alpha value is -0.610. The monoisotopic (exact) mass is 228 g/mol. The van der Waals surface area contributed by atoms with Crippen LogP contribution < -0.4 is 5.73 Å². The molecule has 3 N–H and O–H groups in total. The second-order valence-electron chi connectivity index (χ2n) is 5.04. The minimum Gasteiger partial charge on any atom is -0.392 e. The van der Waals surface area contributed by atoms with E-state index in [2.05, 4.69) is 0 Å². The topological polar surface area (TPSA) is 66.6 Å². The maximum Gasteiger partial charge on any atom is 0.222 e. The summed E-state index contributed by atoms with van der Waals surface area (Å²) in [7, 11) is 1.74. The first-order chi connectivity index (χ1) is 7.50. The predicted molar refractivity (Wildman–Crippen MR) is 63.9 cm³/mol. The number of nitrogens with two attached hydrogens (primary N) is 1. The molecule has 0 aliphatic heterocycles. The van der Waals surface area contributed by atoms with Gasteiger partial charge in [-0.2, -0.15) is 0 Å². The van der Waals surface area contributed by atoms with Crippen molar-refractivity contribution in [3.05, 3.63) is 0 Å². The number of nitrogens with zero attached hydrogens (tertiary/aromatic N) is 1. The smallest absolute Gasteiger partial charge is 0.222 e. The van der Waals surface area contributed by atoms with Crippen LogP contribution in [0.15, 0.2) is 0 Å². The molecule has 1 saturated carbocycles. The highest BCUT2D eigenvalue weighted by molar-refractivity contribution is 5.76. The molecule has 0 aromatic rings. The van der Waals surface area contributed by atoms with E-state index in [0.717, 1.165) is 12.8 Å². The van der Waals surface area contributed by atoms with E-state index < -0.39 is 6.10 Å². The largest absolute Gasteiger partial charge is 0.392 e. The van der Waals surface area contributed by atoms with Gasteiger partial charge in [0.25, 0.3) is 0 Å². The van der Waals surface area contributed by atoms with Gasteiger partial charge in [0.2, 0.25) is 5.91 Å². The first-order valence-electron chi connectivity index (χ1n) is 6.18. The summed E-state index contributed by atoms with van der Waals surface area (Å²) >= 11 is 0. The summed E-state index contributed by atoms with van der Waals surface area (Å²) in [5.74, 6) is 0.431. The quantitative estimate of drug-likeness (QED) is 0.745. The molecule has 3 atom stereocenters. The number of carbonyl (C=O) groups excluding carboxylic acids is 1. The van der Waals surface area contributed by atoms with Gasteiger partial charge in [0.1, 0.15) is 0 Å². The van der Waals surface area contributed by atoms with Crippen molar-refractivity contribution in [2.75, 3.05) is 13.6 Å². The number of hydrogen-bond acceptors (Lipinski definition) is 3. The van der Waals surface area contributed by atoms with E-state index in [0.29, 0.717) is 18.9 Å². The summed E-state index contributed by atoms with van der Waals surface area (Å²) < 4.78 is 0. The standard InChI is InChI=1S/C12H24N2O2/c1-9(15)8-14(2)12(16)7-10-5-3-4-6-11(10)13/h9-11,15H,3-8,13H2,1-2H3. The third-order valence-electron chi connectivity index (χ3n) is 3.37. The number of carbonyl (C=O) groups is 1. The molecule has 0 heterocycles. The molecular formula is C12H24N2O2. The van der Waals surface area contributed by atoms with E-state index in [-0.39, 0.29) is 11.9 Å². The lowest BCUT2D eigenvalue weighted by Gasteiger charge is -2.29. The van der Waals surface area contributed by atoms with E-state index >= 15 is 0 Å². The summed E-state index contributed by atoms with van der Waals surface area (Å²) in [6.45, 7) is 2.09. The van der Waals surface area contributed by atoms with Crippen LogP contribution >= 0.6 is 0 Å². The minimum absolute atomic E-state index is 0.100. The molecule has 0 bridgehead atoms. The summed E-state index contributed by atoms with van der Waals surface area (Å²) in [5.41, 5.74) is 6.01. The van der Waals surface area contributed by atoms with Gasteiger partial charge in [0, 0.05) is 26.1 Å². The van der Waals surface area contributed by atoms with Crippen molar-refractivity contribution < 1.29 is 9.90 Å². The van der Waals surface area contributed by atoms with E-state index in [1.54, 1.807) is 18.9 Å². The summed E-state index contributed by atoms with van der Waals surface area (Å²) in [5, 5.41) is 9.21. The highest BCUT2D eigenvalue weighted by Gasteiger charge is 2.25. The predicted octanol–water partition coefficient (Wildman–Crippen LogP) is 0.733. The highest BCUT2D eigenvalue weighted by Crippen LogP contribution is 2.26. The molecule has 0 aromatic carbocycles. The molecule has 1 aliphatic rings. The van der Waals surface area contributed by atoms with Gasteiger partial charge in [-0.1, -0.05) is 12.8 Å². The van der Waals surface area contributed by atoms with Crippen molar-refractivity contribution in [3.63, 3.8) is 0 Å². The number of aliphatic hydroxyl groups is 1. The molecule has 4 nitrogen and oxygen atoms in total. The van der Waals surface area contributed by atoms with E-state index in [4.69, 9.17) is 5.73 Å². The molecule has 0 radical (unpaired) electrons. The van der Waals surface area contributed by atoms with Crippen LogP contribution in [0.3, 0.4) is 0 Å². The summed E-state index contributed by atoms with van der Waals surface area (Å²) in [4.78, 5) is 13.5. The average molecular weight is 228 g/mol. The fourth-order valence-electron chi connectivity index (χ4n) is 2.37. The lowest BCUT2D eigenvalue weighted by atomic mass is 9.83. The molecule has 0 aromatic heterocycles. The number of rotatable bonds is 4. The number of amides is 1. The molecule has 1 fully saturated rings. The van der Waals surface area contributed by atoms with Gasteiger partial charge >= 0.3 is 0 Å². The minimum atomic E-state index is -0.464. The number of aliphatic hydroxyl groups excluding tert-OH is 1. The molecule has 1 rings (SSSR count). The highest BCUT2D eigenvalue weighted by atomic mass is 16.3. The first kappa shape index (κ1) is 13.5. The van der Waals surface area contributed by atoms with Crippen molar-refractivity contribution in [2.24, 2.45) is 11.7 Å². The van der Waals surface area contributed by atoms with Gasteiger partial charge < -0.3 is 15.7 Å². The Morgan fingerprint density at radius 2 is 2.12 bits per heavy atom. The van der Waals surface area contributed by atoms with Crippen LogP contribution in [-0.2, 0) is 4.79 Å². The maximum absolute atomic E-state index is 11.9. The van der Waals surface area contributed by atoms with Crippen LogP contribution in [0.4, 0.5) is 0 Å². The Labute approximate surface area is 97.8 Å². The maximum atomic E-state index is 11.9. The Balaban J connectivity index is 2.37. The zero-order valence-corrected chi connectivity index (χ0v) is 10.4. The first-order valence-corrected chi connectivity index (χ1v) is 6.18. The third kappa shape index (κ3) is 4.10. The van der Waals surface area contributed by atoms with Crippen LogP contribution in [-0.4, -0.2) is 41.7 Å². The van der Waals surface area contributed by atoms with Gasteiger partial charge in [0.05, 0.1) is 6.10 Å². The normalized spacial score (nSPS) is 27.5. The van der Waals surface area contributed by atoms with Crippen LogP contribution in [0.25, 0.3) is 0 Å². The SMILES string of the molecule is CC(O)CN(C)C(=O)CC1CCCCC1N. The molecule has 0 saturated heterocycles. The zero-order chi connectivity index (χ0) is 12.1. The van der Waals surface area contributed by atoms with E-state index in [9.17, 15) is 9.90 Å². The molecule has 3 unspecified atom stereocenters. The Kier molecular flexibility index (Phi) is 5.22. The lowest BCUT2D eigenvalue weighted by molar-refractivity contribution is -0.132. The second-order valence-corrected chi connectivity index (χ2v) is 5.04. The van der Waals surface area contributed by atoms with Crippen molar-refractivity contribution in [1.82, 2.24) is 4.90 Å². The number of likely N-dealkylation sites (N-methyl/N-ethyl adjacent to an activating group) is 1. The summed E-state index contributed by atoms with van der Waals surface area (Å²) in [6, 6.07) is 0.178. The molecule has 1 amide bonds. The van der Waals surface area contributed by atoms with Crippen LogP contribution in [0, 0.1) is 5.92 Å². The Bertz CT molecular complexity index is 231. The van der Waals surface area contributed by atoms with Gasteiger partial charge in [-0.3, -0.25) is 4.79 Å². The fourth-order valence-corrected chi connectivity index (χ4v) is 2.37. The van der Waals surface area contributed by atoms with Gasteiger partial charge in [-0.25, -0.2) is 0 Å². The molecule has 1 aliphatic carbocycles. The number of hydrogen-bond donors (Lipinski definition) is 2. The van der Waals surface area contributed by atoms with Crippen molar-refractivity contribution in [3.8, 4) is 0 Å². The Morgan fingerprint density at radius 3 is 2.69 bits per heavy atom. The zero-order valence-electron chi connectivity index (χ0n) is 10.4. The molecule has 4 heteroatoms. The molecule has 0 spiro atoms. The van der Waals surface area contributed by atoms with Gasteiger partial charge in [-0.15, -0.1) is 0 Å². The second kappa shape index (κ2) is 6.21. The molecule has 94 valence electrons. The van der Waals surface area contributed by atoms with Crippen molar-refractivity contribution in [2.45, 2.75) is 51.2 Å². The fraction of sp³-hybridized carbons (Fsp3) is 0.917. The Morgan fingerprint density at radius 1 is 1.50 bits per heavy atom. The molecule has 16 heavy (non-hydrogen) atoms. The summed E-state index contributed by atoms with van der Waals surface area (Å²) in [6.07, 6.45) is 4.55.